The number of halogens is 1. The van der Waals surface area contributed by atoms with Gasteiger partial charge in [0.05, 0.1) is 0 Å². The highest BCUT2D eigenvalue weighted by Gasteiger charge is 2.08. The molecule has 0 aliphatic rings. The van der Waals surface area contributed by atoms with Gasteiger partial charge in [-0.15, -0.1) is 0 Å². The maximum atomic E-state index is 5.91. The number of hydrogen-bond donors (Lipinski definition) is 0. The molecule has 0 aliphatic heterocycles. The molecule has 78 valence electrons. The first-order chi connectivity index (χ1) is 7.20. The molecule has 15 heavy (non-hydrogen) atoms. The van der Waals surface area contributed by atoms with Gasteiger partial charge in [-0.1, -0.05) is 18.5 Å². The van der Waals surface area contributed by atoms with Gasteiger partial charge < -0.3 is 4.57 Å². The van der Waals surface area contributed by atoms with Gasteiger partial charge in [0.1, 0.15) is 16.7 Å². The van der Waals surface area contributed by atoms with Crippen LogP contribution in [0.1, 0.15) is 12.7 Å². The molecule has 0 amide bonds. The zero-order valence-corrected chi connectivity index (χ0v) is 9.36. The second kappa shape index (κ2) is 3.98. The molecule has 2 aromatic rings. The molecule has 4 nitrogen and oxygen atoms in total. The van der Waals surface area contributed by atoms with Crippen LogP contribution in [0.4, 0.5) is 0 Å². The van der Waals surface area contributed by atoms with E-state index >= 15 is 0 Å². The van der Waals surface area contributed by atoms with Crippen LogP contribution < -0.4 is 0 Å². The molecule has 0 unspecified atom stereocenters. The van der Waals surface area contributed by atoms with E-state index in [9.17, 15) is 0 Å². The van der Waals surface area contributed by atoms with E-state index in [0.29, 0.717) is 5.15 Å². The Bertz CT molecular complexity index is 478. The van der Waals surface area contributed by atoms with Crippen LogP contribution in [-0.4, -0.2) is 19.5 Å². The Morgan fingerprint density at radius 1 is 1.40 bits per heavy atom. The van der Waals surface area contributed by atoms with Gasteiger partial charge in [-0.3, -0.25) is 0 Å². The van der Waals surface area contributed by atoms with Crippen LogP contribution in [0.2, 0.25) is 5.15 Å². The van der Waals surface area contributed by atoms with Crippen molar-refractivity contribution in [2.45, 2.75) is 13.3 Å². The van der Waals surface area contributed by atoms with Crippen molar-refractivity contribution in [3.8, 4) is 11.5 Å². The van der Waals surface area contributed by atoms with Crippen molar-refractivity contribution in [3.05, 3.63) is 29.4 Å². The Morgan fingerprint density at radius 2 is 2.20 bits per heavy atom. The Labute approximate surface area is 93.0 Å². The molecule has 0 aromatic carbocycles. The van der Waals surface area contributed by atoms with E-state index in [0.717, 1.165) is 23.8 Å². The minimum absolute atomic E-state index is 0.458. The molecule has 0 radical (unpaired) electrons. The number of nitrogens with zero attached hydrogens (tertiary/aromatic N) is 4. The lowest BCUT2D eigenvalue weighted by Gasteiger charge is -2.03. The van der Waals surface area contributed by atoms with Crippen molar-refractivity contribution in [2.24, 2.45) is 7.05 Å². The zero-order chi connectivity index (χ0) is 10.8. The van der Waals surface area contributed by atoms with Gasteiger partial charge in [-0.2, -0.15) is 0 Å². The van der Waals surface area contributed by atoms with Gasteiger partial charge in [-0.25, -0.2) is 15.0 Å². The van der Waals surface area contributed by atoms with Crippen molar-refractivity contribution in [1.82, 2.24) is 19.5 Å². The number of aromatic nitrogens is 4. The van der Waals surface area contributed by atoms with Crippen LogP contribution in [0.25, 0.3) is 11.5 Å². The number of hydrogen-bond acceptors (Lipinski definition) is 3. The molecule has 2 aromatic heterocycles. The highest BCUT2D eigenvalue weighted by molar-refractivity contribution is 6.29. The molecule has 0 fully saturated rings. The summed E-state index contributed by atoms with van der Waals surface area (Å²) >= 11 is 5.91. The molecule has 0 bridgehead atoms. The average molecular weight is 223 g/mol. The summed E-state index contributed by atoms with van der Waals surface area (Å²) in [4.78, 5) is 12.7. The van der Waals surface area contributed by atoms with Crippen LogP contribution in [0.15, 0.2) is 18.5 Å². The van der Waals surface area contributed by atoms with Gasteiger partial charge in [-0.05, 0) is 0 Å². The maximum Gasteiger partial charge on any atom is 0.158 e. The van der Waals surface area contributed by atoms with Crippen LogP contribution in [0, 0.1) is 0 Å². The number of imidazole rings is 1. The number of aryl methyl sites for hydroxylation is 2. The lowest BCUT2D eigenvalue weighted by atomic mass is 10.3. The quantitative estimate of drug-likeness (QED) is 0.731. The van der Waals surface area contributed by atoms with Gasteiger partial charge in [0, 0.05) is 31.9 Å². The molecular weight excluding hydrogens is 212 g/mol. The minimum Gasteiger partial charge on any atom is -0.333 e. The fourth-order valence-electron chi connectivity index (χ4n) is 1.35. The van der Waals surface area contributed by atoms with E-state index < -0.39 is 0 Å². The predicted octanol–water partition coefficient (Wildman–Crippen LogP) is 2.09. The molecule has 0 N–H and O–H groups in total. The first-order valence-electron chi connectivity index (χ1n) is 4.72. The van der Waals surface area contributed by atoms with Crippen molar-refractivity contribution >= 4 is 11.6 Å². The van der Waals surface area contributed by atoms with Crippen LogP contribution in [0.3, 0.4) is 0 Å². The monoisotopic (exact) mass is 222 g/mol. The molecule has 5 heteroatoms. The first-order valence-corrected chi connectivity index (χ1v) is 5.09. The lowest BCUT2D eigenvalue weighted by Crippen LogP contribution is -1.99. The fourth-order valence-corrected chi connectivity index (χ4v) is 1.55. The van der Waals surface area contributed by atoms with Crippen molar-refractivity contribution in [3.63, 3.8) is 0 Å². The molecular formula is C10H11ClN4. The SMILES string of the molecule is CCc1nc(Cl)cc(-c2nccn2C)n1. The van der Waals surface area contributed by atoms with Crippen LogP contribution in [0.5, 0.6) is 0 Å². The Morgan fingerprint density at radius 3 is 2.80 bits per heavy atom. The summed E-state index contributed by atoms with van der Waals surface area (Å²) < 4.78 is 1.90. The molecule has 0 saturated heterocycles. The average Bonchev–Trinajstić information content (AvgIpc) is 2.63. The zero-order valence-electron chi connectivity index (χ0n) is 8.61. The number of rotatable bonds is 2. The smallest absolute Gasteiger partial charge is 0.158 e. The Hall–Kier alpha value is -1.42. The van der Waals surface area contributed by atoms with Gasteiger partial charge in [0.2, 0.25) is 0 Å². The third kappa shape index (κ3) is 1.99. The Balaban J connectivity index is 2.53. The summed E-state index contributed by atoms with van der Waals surface area (Å²) in [6.45, 7) is 1.99. The standard InChI is InChI=1S/C10H11ClN4/c1-3-9-13-7(6-8(11)14-9)10-12-4-5-15(10)2/h4-6H,3H2,1-2H3. The van der Waals surface area contributed by atoms with Gasteiger partial charge in [0.25, 0.3) is 0 Å². The molecule has 0 aliphatic carbocycles. The second-order valence-electron chi connectivity index (χ2n) is 3.21. The van der Waals surface area contributed by atoms with Crippen LogP contribution in [-0.2, 0) is 13.5 Å². The largest absolute Gasteiger partial charge is 0.333 e. The van der Waals surface area contributed by atoms with Crippen LogP contribution >= 0.6 is 11.6 Å². The summed E-state index contributed by atoms with van der Waals surface area (Å²) in [5.41, 5.74) is 0.763. The summed E-state index contributed by atoms with van der Waals surface area (Å²) in [5, 5.41) is 0.458. The van der Waals surface area contributed by atoms with E-state index in [-0.39, 0.29) is 0 Å². The maximum absolute atomic E-state index is 5.91. The van der Waals surface area contributed by atoms with Crippen molar-refractivity contribution in [1.29, 1.82) is 0 Å². The molecule has 0 atom stereocenters. The molecule has 0 spiro atoms. The van der Waals surface area contributed by atoms with Crippen molar-refractivity contribution < 1.29 is 0 Å². The molecule has 2 heterocycles. The minimum atomic E-state index is 0.458. The third-order valence-electron chi connectivity index (χ3n) is 2.11. The summed E-state index contributed by atoms with van der Waals surface area (Å²) in [7, 11) is 1.92. The first kappa shape index (κ1) is 10.1. The fraction of sp³-hybridized carbons (Fsp3) is 0.300. The van der Waals surface area contributed by atoms with E-state index in [1.54, 1.807) is 12.3 Å². The lowest BCUT2D eigenvalue weighted by molar-refractivity contribution is 0.894. The summed E-state index contributed by atoms with van der Waals surface area (Å²) in [5.74, 6) is 1.54. The van der Waals surface area contributed by atoms with Gasteiger partial charge in [0.15, 0.2) is 5.82 Å². The van der Waals surface area contributed by atoms with E-state index in [4.69, 9.17) is 11.6 Å². The van der Waals surface area contributed by atoms with E-state index in [1.807, 2.05) is 24.7 Å². The topological polar surface area (TPSA) is 43.6 Å². The van der Waals surface area contributed by atoms with Crippen molar-refractivity contribution in [2.75, 3.05) is 0 Å². The summed E-state index contributed by atoms with van der Waals surface area (Å²) in [6, 6.07) is 1.73. The normalized spacial score (nSPS) is 10.6. The summed E-state index contributed by atoms with van der Waals surface area (Å²) in [6.07, 6.45) is 4.37. The molecule has 0 saturated carbocycles. The highest BCUT2D eigenvalue weighted by Crippen LogP contribution is 2.17. The third-order valence-corrected chi connectivity index (χ3v) is 2.30. The predicted molar refractivity (Wildman–Crippen MR) is 58.6 cm³/mol. The van der Waals surface area contributed by atoms with E-state index in [1.165, 1.54) is 0 Å². The Kier molecular flexibility index (Phi) is 2.68. The molecule has 2 rings (SSSR count). The second-order valence-corrected chi connectivity index (χ2v) is 3.59. The van der Waals surface area contributed by atoms with Gasteiger partial charge >= 0.3 is 0 Å². The van der Waals surface area contributed by atoms with E-state index in [2.05, 4.69) is 15.0 Å². The highest BCUT2D eigenvalue weighted by atomic mass is 35.5.